The molecule has 0 radical (unpaired) electrons. The molecule has 0 bridgehead atoms. The van der Waals surface area contributed by atoms with Gasteiger partial charge in [0.1, 0.15) is 10.7 Å². The lowest BCUT2D eigenvalue weighted by Gasteiger charge is -2.11. The summed E-state index contributed by atoms with van der Waals surface area (Å²) in [6.07, 6.45) is 0. The summed E-state index contributed by atoms with van der Waals surface area (Å²) in [5.41, 5.74) is 6.83. The van der Waals surface area contributed by atoms with Gasteiger partial charge in [-0.1, -0.05) is 12.1 Å². The van der Waals surface area contributed by atoms with Crippen molar-refractivity contribution >= 4 is 31.6 Å². The van der Waals surface area contributed by atoms with E-state index in [0.717, 1.165) is 6.07 Å². The zero-order valence-corrected chi connectivity index (χ0v) is 13.6. The number of aryl methyl sites for hydroxylation is 1. The van der Waals surface area contributed by atoms with E-state index in [9.17, 15) is 12.8 Å². The Hall–Kier alpha value is -1.44. The average Bonchev–Trinajstić information content (AvgIpc) is 2.43. The molecule has 0 aliphatic rings. The molecule has 0 saturated carbocycles. The summed E-state index contributed by atoms with van der Waals surface area (Å²) in [5.74, 6) is -0.468. The summed E-state index contributed by atoms with van der Waals surface area (Å²) >= 11 is 3.20. The molecule has 0 spiro atoms. The first-order chi connectivity index (χ1) is 9.83. The molecule has 3 N–H and O–H groups in total. The Morgan fingerprint density at radius 1 is 1.24 bits per heavy atom. The van der Waals surface area contributed by atoms with Crippen LogP contribution in [0, 0.1) is 12.7 Å². The maximum absolute atomic E-state index is 13.5. The smallest absolute Gasteiger partial charge is 0.263 e. The highest BCUT2D eigenvalue weighted by Gasteiger charge is 2.18. The predicted molar refractivity (Wildman–Crippen MR) is 84.0 cm³/mol. The van der Waals surface area contributed by atoms with E-state index in [1.54, 1.807) is 19.1 Å². The minimum atomic E-state index is -3.83. The van der Waals surface area contributed by atoms with Crippen LogP contribution in [0.15, 0.2) is 45.8 Å². The normalized spacial score (nSPS) is 11.4. The lowest BCUT2D eigenvalue weighted by molar-refractivity contribution is 0.600. The van der Waals surface area contributed by atoms with Crippen LogP contribution in [0.4, 0.5) is 10.1 Å². The minimum absolute atomic E-state index is 0.0615. The molecule has 0 saturated heterocycles. The molecule has 2 aromatic carbocycles. The number of nitrogens with one attached hydrogen (secondary N) is 1. The van der Waals surface area contributed by atoms with Crippen LogP contribution in [0.3, 0.4) is 0 Å². The summed E-state index contributed by atoms with van der Waals surface area (Å²) in [6, 6.07) is 9.00. The second-order valence-electron chi connectivity index (χ2n) is 4.54. The fourth-order valence-corrected chi connectivity index (χ4v) is 3.81. The van der Waals surface area contributed by atoms with E-state index in [4.69, 9.17) is 5.73 Å². The van der Waals surface area contributed by atoms with Crippen molar-refractivity contribution in [3.8, 4) is 0 Å². The van der Waals surface area contributed by atoms with Gasteiger partial charge in [0.25, 0.3) is 10.0 Å². The van der Waals surface area contributed by atoms with Crippen LogP contribution in [0.1, 0.15) is 11.1 Å². The maximum atomic E-state index is 13.5. The Labute approximate surface area is 131 Å². The van der Waals surface area contributed by atoms with Crippen molar-refractivity contribution in [3.63, 3.8) is 0 Å². The minimum Gasteiger partial charge on any atom is -0.326 e. The van der Waals surface area contributed by atoms with Crippen molar-refractivity contribution in [2.45, 2.75) is 18.4 Å². The molecule has 0 atom stereocenters. The van der Waals surface area contributed by atoms with Gasteiger partial charge in [-0.3, -0.25) is 4.72 Å². The number of hydrogen-bond donors (Lipinski definition) is 2. The highest BCUT2D eigenvalue weighted by atomic mass is 79.9. The molecule has 0 unspecified atom stereocenters. The fraction of sp³-hybridized carbons (Fsp3) is 0.143. The van der Waals surface area contributed by atoms with Crippen LogP contribution in [0.5, 0.6) is 0 Å². The Kier molecular flexibility index (Phi) is 4.65. The molecule has 0 amide bonds. The molecule has 0 aliphatic heterocycles. The van der Waals surface area contributed by atoms with Crippen LogP contribution in [0.2, 0.25) is 0 Å². The quantitative estimate of drug-likeness (QED) is 0.865. The third-order valence-electron chi connectivity index (χ3n) is 2.94. The zero-order valence-electron chi connectivity index (χ0n) is 11.2. The van der Waals surface area contributed by atoms with Gasteiger partial charge in [0.2, 0.25) is 0 Å². The van der Waals surface area contributed by atoms with Crippen LogP contribution >= 0.6 is 15.9 Å². The van der Waals surface area contributed by atoms with Gasteiger partial charge in [0, 0.05) is 11.0 Å². The summed E-state index contributed by atoms with van der Waals surface area (Å²) in [4.78, 5) is 0.0615. The van der Waals surface area contributed by atoms with Crippen molar-refractivity contribution in [1.29, 1.82) is 0 Å². The van der Waals surface area contributed by atoms with E-state index >= 15 is 0 Å². The molecular weight excluding hydrogens is 359 g/mol. The van der Waals surface area contributed by atoms with E-state index in [1.807, 2.05) is 0 Å². The first-order valence-electron chi connectivity index (χ1n) is 6.11. The number of halogens is 2. The van der Waals surface area contributed by atoms with Crippen LogP contribution in [0.25, 0.3) is 0 Å². The topological polar surface area (TPSA) is 72.2 Å². The Morgan fingerprint density at radius 3 is 2.57 bits per heavy atom. The van der Waals surface area contributed by atoms with Crippen molar-refractivity contribution in [2.24, 2.45) is 5.73 Å². The molecule has 21 heavy (non-hydrogen) atoms. The van der Waals surface area contributed by atoms with Crippen LogP contribution < -0.4 is 10.5 Å². The Morgan fingerprint density at radius 2 is 1.95 bits per heavy atom. The lowest BCUT2D eigenvalue weighted by atomic mass is 10.2. The summed E-state index contributed by atoms with van der Waals surface area (Å²) in [5, 5.41) is 0. The number of sulfonamides is 1. The first kappa shape index (κ1) is 15.9. The van der Waals surface area contributed by atoms with Crippen molar-refractivity contribution in [3.05, 3.63) is 57.8 Å². The molecule has 112 valence electrons. The fourth-order valence-electron chi connectivity index (χ4n) is 1.75. The van der Waals surface area contributed by atoms with E-state index in [2.05, 4.69) is 20.7 Å². The highest BCUT2D eigenvalue weighted by molar-refractivity contribution is 9.10. The zero-order chi connectivity index (χ0) is 15.6. The molecule has 4 nitrogen and oxygen atoms in total. The Bertz CT molecular complexity index is 779. The van der Waals surface area contributed by atoms with E-state index in [0.29, 0.717) is 15.6 Å². The second-order valence-corrected chi connectivity index (χ2v) is 7.04. The number of nitrogens with two attached hydrogens (primary N) is 1. The molecular formula is C14H14BrFN2O2S. The summed E-state index contributed by atoms with van der Waals surface area (Å²) in [7, 11) is -3.83. The molecule has 2 aromatic rings. The van der Waals surface area contributed by atoms with Crippen LogP contribution in [-0.2, 0) is 16.6 Å². The number of hydrogen-bond acceptors (Lipinski definition) is 3. The van der Waals surface area contributed by atoms with E-state index in [-0.39, 0.29) is 17.1 Å². The van der Waals surface area contributed by atoms with Crippen molar-refractivity contribution in [2.75, 3.05) is 4.72 Å². The van der Waals surface area contributed by atoms with E-state index in [1.165, 1.54) is 18.2 Å². The summed E-state index contributed by atoms with van der Waals surface area (Å²) in [6.45, 7) is 1.84. The standard InChI is InChI=1S/C14H14BrFN2O2S/c1-9-2-4-11(7-13(9)16)18-21(19,20)14-6-10(8-17)3-5-12(14)15/h2-7,18H,8,17H2,1H3. The number of anilines is 1. The van der Waals surface area contributed by atoms with Gasteiger partial charge in [-0.25, -0.2) is 12.8 Å². The highest BCUT2D eigenvalue weighted by Crippen LogP contribution is 2.26. The van der Waals surface area contributed by atoms with E-state index < -0.39 is 15.8 Å². The van der Waals surface area contributed by atoms with Gasteiger partial charge in [-0.2, -0.15) is 0 Å². The molecule has 0 aliphatic carbocycles. The molecule has 0 heterocycles. The third-order valence-corrected chi connectivity index (χ3v) is 5.32. The number of rotatable bonds is 4. The van der Waals surface area contributed by atoms with Gasteiger partial charge >= 0.3 is 0 Å². The molecule has 7 heteroatoms. The third kappa shape index (κ3) is 3.61. The molecule has 0 fully saturated rings. The van der Waals surface area contributed by atoms with Crippen molar-refractivity contribution < 1.29 is 12.8 Å². The van der Waals surface area contributed by atoms with Crippen LogP contribution in [-0.4, -0.2) is 8.42 Å². The second kappa shape index (κ2) is 6.13. The lowest BCUT2D eigenvalue weighted by Crippen LogP contribution is -2.14. The largest absolute Gasteiger partial charge is 0.326 e. The van der Waals surface area contributed by atoms with Gasteiger partial charge in [0.05, 0.1) is 5.69 Å². The Balaban J connectivity index is 2.40. The maximum Gasteiger partial charge on any atom is 0.263 e. The molecule has 0 aromatic heterocycles. The number of benzene rings is 2. The van der Waals surface area contributed by atoms with Gasteiger partial charge < -0.3 is 5.73 Å². The average molecular weight is 373 g/mol. The van der Waals surface area contributed by atoms with Gasteiger partial charge in [-0.15, -0.1) is 0 Å². The monoisotopic (exact) mass is 372 g/mol. The first-order valence-corrected chi connectivity index (χ1v) is 8.38. The van der Waals surface area contributed by atoms with Gasteiger partial charge in [0.15, 0.2) is 0 Å². The summed E-state index contributed by atoms with van der Waals surface area (Å²) < 4.78 is 41.0. The van der Waals surface area contributed by atoms with Gasteiger partial charge in [-0.05, 0) is 58.2 Å². The predicted octanol–water partition coefficient (Wildman–Crippen LogP) is 3.16. The van der Waals surface area contributed by atoms with Crippen molar-refractivity contribution in [1.82, 2.24) is 0 Å². The molecule has 2 rings (SSSR count). The SMILES string of the molecule is Cc1ccc(NS(=O)(=O)c2cc(CN)ccc2Br)cc1F.